The third-order valence-electron chi connectivity index (χ3n) is 5.69. The van der Waals surface area contributed by atoms with Crippen LogP contribution < -0.4 is 5.32 Å². The van der Waals surface area contributed by atoms with Gasteiger partial charge in [0.25, 0.3) is 0 Å². The molecule has 6 nitrogen and oxygen atoms in total. The molecule has 2 fully saturated rings. The molecule has 2 heterocycles. The van der Waals surface area contributed by atoms with Gasteiger partial charge in [-0.2, -0.15) is 0 Å². The first-order chi connectivity index (χ1) is 17.2. The molecule has 2 aromatic rings. The summed E-state index contributed by atoms with van der Waals surface area (Å²) in [4.78, 5) is 35.5. The Morgan fingerprint density at radius 2 is 1.32 bits per heavy atom. The van der Waals surface area contributed by atoms with E-state index in [9.17, 15) is 40.7 Å². The van der Waals surface area contributed by atoms with Crippen molar-refractivity contribution in [2.75, 3.05) is 13.1 Å². The van der Waals surface area contributed by atoms with Gasteiger partial charge in [-0.25, -0.2) is 36.0 Å². The minimum absolute atomic E-state index is 0.00269. The molecule has 2 saturated heterocycles. The van der Waals surface area contributed by atoms with Crippen molar-refractivity contribution in [1.82, 2.24) is 10.2 Å². The number of likely N-dealkylation sites (tertiary alicyclic amines) is 1. The Hall–Kier alpha value is -3.57. The van der Waals surface area contributed by atoms with Crippen LogP contribution in [-0.2, 0) is 14.3 Å². The number of amides is 3. The van der Waals surface area contributed by atoms with Gasteiger partial charge in [-0.3, -0.25) is 9.59 Å². The Balaban J connectivity index is 0.000000220. The van der Waals surface area contributed by atoms with Gasteiger partial charge in [0.15, 0.2) is 23.3 Å². The largest absolute Gasteiger partial charge is 0.443 e. The molecule has 0 unspecified atom stereocenters. The van der Waals surface area contributed by atoms with Crippen molar-refractivity contribution in [3.8, 4) is 0 Å². The van der Waals surface area contributed by atoms with Crippen molar-refractivity contribution >= 4 is 17.9 Å². The minimum Gasteiger partial charge on any atom is -0.443 e. The molecule has 2 aliphatic rings. The van der Waals surface area contributed by atoms with Gasteiger partial charge in [0.2, 0.25) is 11.8 Å². The maximum absolute atomic E-state index is 13.8. The highest BCUT2D eigenvalue weighted by Gasteiger charge is 2.39. The first kappa shape index (κ1) is 28.0. The average Bonchev–Trinajstić information content (AvgIpc) is 3.39. The van der Waals surface area contributed by atoms with E-state index in [0.29, 0.717) is 6.07 Å². The van der Waals surface area contributed by atoms with Crippen molar-refractivity contribution in [1.29, 1.82) is 0 Å². The first-order valence-corrected chi connectivity index (χ1v) is 11.3. The summed E-state index contributed by atoms with van der Waals surface area (Å²) in [5.74, 6) is -9.00. The van der Waals surface area contributed by atoms with Crippen LogP contribution in [0.2, 0.25) is 0 Å². The van der Waals surface area contributed by atoms with Crippen LogP contribution in [-0.4, -0.2) is 41.5 Å². The summed E-state index contributed by atoms with van der Waals surface area (Å²) in [5, 5.41) is 2.45. The Kier molecular flexibility index (Phi) is 8.19. The van der Waals surface area contributed by atoms with Gasteiger partial charge in [-0.1, -0.05) is 0 Å². The number of hydrogen-bond donors (Lipinski definition) is 1. The Morgan fingerprint density at radius 3 is 1.78 bits per heavy atom. The number of nitrogens with zero attached hydrogens (tertiary/aromatic N) is 1. The van der Waals surface area contributed by atoms with E-state index in [-0.39, 0.29) is 37.4 Å². The zero-order valence-electron chi connectivity index (χ0n) is 20.1. The van der Waals surface area contributed by atoms with Crippen LogP contribution in [0.25, 0.3) is 0 Å². The lowest BCUT2D eigenvalue weighted by Crippen LogP contribution is -2.37. The number of ether oxygens (including phenoxy) is 1. The van der Waals surface area contributed by atoms with Gasteiger partial charge in [-0.15, -0.1) is 0 Å². The molecule has 1 N–H and O–H groups in total. The number of carbonyl (C=O) groups excluding carboxylic acids is 3. The van der Waals surface area contributed by atoms with Crippen molar-refractivity contribution in [3.63, 3.8) is 0 Å². The second-order valence-corrected chi connectivity index (χ2v) is 9.60. The van der Waals surface area contributed by atoms with Crippen LogP contribution in [0.5, 0.6) is 0 Å². The normalized spacial score (nSPS) is 19.4. The van der Waals surface area contributed by atoms with Gasteiger partial charge in [0.05, 0.1) is 0 Å². The summed E-state index contributed by atoms with van der Waals surface area (Å²) < 4.78 is 85.3. The third kappa shape index (κ3) is 6.41. The molecule has 3 amide bonds. The molecule has 0 saturated carbocycles. The summed E-state index contributed by atoms with van der Waals surface area (Å²) in [6, 6.07) is 3.08. The Morgan fingerprint density at radius 1 is 0.838 bits per heavy atom. The minimum atomic E-state index is -1.33. The fourth-order valence-electron chi connectivity index (χ4n) is 4.04. The number of hydrogen-bond acceptors (Lipinski definition) is 4. The van der Waals surface area contributed by atoms with Crippen LogP contribution in [0.4, 0.5) is 31.1 Å². The Labute approximate surface area is 208 Å². The average molecular weight is 530 g/mol. The van der Waals surface area contributed by atoms with E-state index in [1.165, 1.54) is 0 Å². The molecule has 0 aromatic heterocycles. The molecule has 2 atom stereocenters. The van der Waals surface area contributed by atoms with Crippen LogP contribution in [0, 0.1) is 34.9 Å². The summed E-state index contributed by atoms with van der Waals surface area (Å²) >= 11 is 0. The highest BCUT2D eigenvalue weighted by molar-refractivity contribution is 5.94. The molecule has 37 heavy (non-hydrogen) atoms. The quantitative estimate of drug-likeness (QED) is 0.435. The van der Waals surface area contributed by atoms with E-state index >= 15 is 0 Å². The van der Waals surface area contributed by atoms with Crippen molar-refractivity contribution in [2.24, 2.45) is 0 Å². The summed E-state index contributed by atoms with van der Waals surface area (Å²) in [6.45, 7) is 4.81. The standard InChI is InChI=1S/C15H16F3NO3.C10H8F3NO/c1-15(2,3)22-14(21)19-7-8(6-11(19)20)12-9(16)4-5-10(17)13(12)18;11-6-1-2-7(12)10(13)9(6)5-3-8(15)14-4-5/h4-5,8H,6-7H2,1-3H3;1-2,5H,3-4H2,(H,14,15)/t8-;5-/m00/s1. The molecule has 2 aromatic carbocycles. The molecule has 12 heteroatoms. The maximum Gasteiger partial charge on any atom is 0.417 e. The van der Waals surface area contributed by atoms with Gasteiger partial charge in [-0.05, 0) is 45.0 Å². The van der Waals surface area contributed by atoms with Crippen LogP contribution >= 0.6 is 0 Å². The zero-order chi connectivity index (χ0) is 27.7. The van der Waals surface area contributed by atoms with Gasteiger partial charge in [0.1, 0.15) is 17.2 Å². The zero-order valence-corrected chi connectivity index (χ0v) is 20.1. The van der Waals surface area contributed by atoms with Crippen LogP contribution in [0.1, 0.15) is 56.6 Å². The molecule has 0 spiro atoms. The van der Waals surface area contributed by atoms with E-state index in [1.807, 2.05) is 0 Å². The smallest absolute Gasteiger partial charge is 0.417 e. The lowest BCUT2D eigenvalue weighted by atomic mass is 9.97. The molecular formula is C25H24F6N2O4. The summed E-state index contributed by atoms with van der Waals surface area (Å²) in [6.07, 6.45) is -1.16. The number of imide groups is 1. The van der Waals surface area contributed by atoms with Crippen molar-refractivity contribution in [2.45, 2.75) is 51.0 Å². The van der Waals surface area contributed by atoms with Crippen LogP contribution in [0.3, 0.4) is 0 Å². The molecule has 0 radical (unpaired) electrons. The summed E-state index contributed by atoms with van der Waals surface area (Å²) in [5.41, 5.74) is -1.65. The fraction of sp³-hybridized carbons (Fsp3) is 0.400. The molecule has 200 valence electrons. The van der Waals surface area contributed by atoms with Gasteiger partial charge in [0, 0.05) is 48.9 Å². The Bertz CT molecular complexity index is 1230. The van der Waals surface area contributed by atoms with Crippen molar-refractivity contribution in [3.05, 3.63) is 70.3 Å². The molecule has 4 rings (SSSR count). The van der Waals surface area contributed by atoms with Crippen LogP contribution in [0.15, 0.2) is 24.3 Å². The molecule has 2 aliphatic heterocycles. The number of halogens is 6. The van der Waals surface area contributed by atoms with E-state index in [4.69, 9.17) is 4.74 Å². The van der Waals surface area contributed by atoms with E-state index < -0.39 is 69.9 Å². The SMILES string of the molecule is CC(C)(C)OC(=O)N1C[C@@H](c2c(F)ccc(F)c2F)CC1=O.O=C1C[C@H](c2c(F)ccc(F)c2F)CN1. The molecule has 0 aliphatic carbocycles. The van der Waals surface area contributed by atoms with Crippen molar-refractivity contribution < 1.29 is 45.5 Å². The van der Waals surface area contributed by atoms with Gasteiger partial charge >= 0.3 is 6.09 Å². The highest BCUT2D eigenvalue weighted by Crippen LogP contribution is 2.33. The van der Waals surface area contributed by atoms with Gasteiger partial charge < -0.3 is 10.1 Å². The fourth-order valence-corrected chi connectivity index (χ4v) is 4.04. The number of benzene rings is 2. The van der Waals surface area contributed by atoms with E-state index in [2.05, 4.69) is 5.32 Å². The maximum atomic E-state index is 13.8. The van der Waals surface area contributed by atoms with E-state index in [1.54, 1.807) is 20.8 Å². The number of nitrogens with one attached hydrogen (secondary N) is 1. The molecular weight excluding hydrogens is 506 g/mol. The number of rotatable bonds is 2. The predicted octanol–water partition coefficient (Wildman–Crippen LogP) is 5.06. The topological polar surface area (TPSA) is 75.7 Å². The third-order valence-corrected chi connectivity index (χ3v) is 5.69. The lowest BCUT2D eigenvalue weighted by molar-refractivity contribution is -0.127. The highest BCUT2D eigenvalue weighted by atomic mass is 19.2. The molecule has 0 bridgehead atoms. The first-order valence-electron chi connectivity index (χ1n) is 11.3. The lowest BCUT2D eigenvalue weighted by Gasteiger charge is -2.23. The monoisotopic (exact) mass is 530 g/mol. The second kappa shape index (κ2) is 10.8. The number of carbonyl (C=O) groups is 3. The van der Waals surface area contributed by atoms with E-state index in [0.717, 1.165) is 23.1 Å². The predicted molar refractivity (Wildman–Crippen MR) is 118 cm³/mol. The second-order valence-electron chi connectivity index (χ2n) is 9.60. The summed E-state index contributed by atoms with van der Waals surface area (Å²) in [7, 11) is 0.